The van der Waals surface area contributed by atoms with Gasteiger partial charge in [-0.25, -0.2) is 4.98 Å². The van der Waals surface area contributed by atoms with Gasteiger partial charge in [-0.05, 0) is 25.2 Å². The smallest absolute Gasteiger partial charge is 0.311 e. The van der Waals surface area contributed by atoms with E-state index < -0.39 is 0 Å². The van der Waals surface area contributed by atoms with Crippen molar-refractivity contribution in [2.75, 3.05) is 41.4 Å². The van der Waals surface area contributed by atoms with Crippen LogP contribution in [-0.2, 0) is 0 Å². The Morgan fingerprint density at radius 1 is 1.47 bits per heavy atom. The fourth-order valence-corrected chi connectivity index (χ4v) is 2.94. The fourth-order valence-electron chi connectivity index (χ4n) is 2.05. The Kier molecular flexibility index (Phi) is 4.84. The minimum atomic E-state index is -0.351. The molecule has 2 heterocycles. The summed E-state index contributed by atoms with van der Waals surface area (Å²) in [6, 6.07) is 3.20. The molecule has 0 atom stereocenters. The molecule has 0 radical (unpaired) electrons. The molecule has 0 saturated carbocycles. The van der Waals surface area contributed by atoms with Crippen LogP contribution in [0.1, 0.15) is 13.3 Å². The average Bonchev–Trinajstić information content (AvgIpc) is 2.67. The van der Waals surface area contributed by atoms with Crippen LogP contribution in [-0.4, -0.2) is 41.0 Å². The van der Waals surface area contributed by atoms with Gasteiger partial charge in [0, 0.05) is 31.5 Å². The van der Waals surface area contributed by atoms with Crippen molar-refractivity contribution in [3.05, 3.63) is 22.2 Å². The summed E-state index contributed by atoms with van der Waals surface area (Å²) in [5.74, 6) is 3.28. The van der Waals surface area contributed by atoms with Gasteiger partial charge in [-0.3, -0.25) is 10.1 Å². The number of aromatic nitrogens is 1. The van der Waals surface area contributed by atoms with Crippen LogP contribution in [0.4, 0.5) is 17.3 Å². The van der Waals surface area contributed by atoms with Gasteiger partial charge in [-0.15, -0.1) is 0 Å². The Hall–Kier alpha value is -1.50. The molecular weight excluding hydrogens is 264 g/mol. The standard InChI is InChI=1S/C12H18N4O2S/c1-2-13-11-5-4-10(16(17)18)12(14-11)15-6-3-8-19-9-7-15/h4-5H,2-3,6-9H2,1H3,(H,13,14). The lowest BCUT2D eigenvalue weighted by molar-refractivity contribution is -0.384. The van der Waals surface area contributed by atoms with Gasteiger partial charge >= 0.3 is 5.69 Å². The molecule has 1 saturated heterocycles. The predicted octanol–water partition coefficient (Wildman–Crippen LogP) is 2.36. The Balaban J connectivity index is 2.32. The molecule has 19 heavy (non-hydrogen) atoms. The SMILES string of the molecule is CCNc1ccc([N+](=O)[O-])c(N2CCCSCC2)n1. The molecule has 2 rings (SSSR count). The molecule has 0 aromatic carbocycles. The number of thioether (sulfide) groups is 1. The zero-order chi connectivity index (χ0) is 13.7. The molecule has 1 aliphatic rings. The first-order chi connectivity index (χ1) is 9.22. The average molecular weight is 282 g/mol. The molecule has 0 unspecified atom stereocenters. The van der Waals surface area contributed by atoms with E-state index in [2.05, 4.69) is 10.3 Å². The first-order valence-corrected chi connectivity index (χ1v) is 7.60. The predicted molar refractivity (Wildman–Crippen MR) is 79.2 cm³/mol. The fraction of sp³-hybridized carbons (Fsp3) is 0.583. The number of rotatable bonds is 4. The molecule has 1 aliphatic heterocycles. The first-order valence-electron chi connectivity index (χ1n) is 6.44. The summed E-state index contributed by atoms with van der Waals surface area (Å²) in [6.45, 7) is 4.37. The van der Waals surface area contributed by atoms with Gasteiger partial charge in [-0.1, -0.05) is 0 Å². The van der Waals surface area contributed by atoms with Gasteiger partial charge in [0.25, 0.3) is 0 Å². The first kappa shape index (κ1) is 13.9. The lowest BCUT2D eigenvalue weighted by Crippen LogP contribution is -2.27. The Morgan fingerprint density at radius 2 is 2.32 bits per heavy atom. The summed E-state index contributed by atoms with van der Waals surface area (Å²) in [4.78, 5) is 17.2. The van der Waals surface area contributed by atoms with Crippen LogP contribution < -0.4 is 10.2 Å². The molecule has 7 heteroatoms. The quantitative estimate of drug-likeness (QED) is 0.675. The molecule has 1 aromatic rings. The highest BCUT2D eigenvalue weighted by Gasteiger charge is 2.22. The van der Waals surface area contributed by atoms with Crippen molar-refractivity contribution in [2.45, 2.75) is 13.3 Å². The Labute approximate surface area is 116 Å². The minimum absolute atomic E-state index is 0.0913. The van der Waals surface area contributed by atoms with E-state index in [0.717, 1.165) is 37.6 Å². The lowest BCUT2D eigenvalue weighted by atomic mass is 10.3. The van der Waals surface area contributed by atoms with E-state index in [1.165, 1.54) is 0 Å². The molecule has 1 N–H and O–H groups in total. The monoisotopic (exact) mass is 282 g/mol. The Bertz CT molecular complexity index is 447. The van der Waals surface area contributed by atoms with Crippen molar-refractivity contribution in [3.8, 4) is 0 Å². The molecule has 1 fully saturated rings. The highest BCUT2D eigenvalue weighted by Crippen LogP contribution is 2.29. The molecule has 6 nitrogen and oxygen atoms in total. The van der Waals surface area contributed by atoms with Crippen LogP contribution in [0.15, 0.2) is 12.1 Å². The summed E-state index contributed by atoms with van der Waals surface area (Å²) in [6.07, 6.45) is 1.04. The third-order valence-corrected chi connectivity index (χ3v) is 3.98. The topological polar surface area (TPSA) is 71.3 Å². The summed E-state index contributed by atoms with van der Waals surface area (Å²) < 4.78 is 0. The molecule has 0 amide bonds. The lowest BCUT2D eigenvalue weighted by Gasteiger charge is -2.21. The van der Waals surface area contributed by atoms with Crippen molar-refractivity contribution in [1.29, 1.82) is 0 Å². The van der Waals surface area contributed by atoms with E-state index in [1.807, 2.05) is 23.6 Å². The van der Waals surface area contributed by atoms with Gasteiger partial charge in [0.2, 0.25) is 5.82 Å². The second kappa shape index (κ2) is 6.60. The highest BCUT2D eigenvalue weighted by atomic mass is 32.2. The van der Waals surface area contributed by atoms with E-state index >= 15 is 0 Å². The molecule has 0 bridgehead atoms. The van der Waals surface area contributed by atoms with E-state index in [0.29, 0.717) is 11.6 Å². The molecule has 104 valence electrons. The van der Waals surface area contributed by atoms with Crippen LogP contribution >= 0.6 is 11.8 Å². The van der Waals surface area contributed by atoms with Crippen LogP contribution in [0.5, 0.6) is 0 Å². The number of nitrogens with one attached hydrogen (secondary N) is 1. The van der Waals surface area contributed by atoms with Crippen molar-refractivity contribution < 1.29 is 4.92 Å². The van der Waals surface area contributed by atoms with E-state index in [-0.39, 0.29) is 10.6 Å². The number of nitrogens with zero attached hydrogens (tertiary/aromatic N) is 3. The third-order valence-electron chi connectivity index (χ3n) is 2.93. The molecule has 1 aromatic heterocycles. The van der Waals surface area contributed by atoms with Crippen molar-refractivity contribution in [1.82, 2.24) is 4.98 Å². The van der Waals surface area contributed by atoms with Gasteiger partial charge in [0.1, 0.15) is 5.82 Å². The van der Waals surface area contributed by atoms with E-state index in [4.69, 9.17) is 0 Å². The van der Waals surface area contributed by atoms with Gasteiger partial charge < -0.3 is 10.2 Å². The third kappa shape index (κ3) is 3.50. The summed E-state index contributed by atoms with van der Waals surface area (Å²) in [5, 5.41) is 14.2. The number of hydrogen-bond acceptors (Lipinski definition) is 6. The van der Waals surface area contributed by atoms with Crippen molar-refractivity contribution in [3.63, 3.8) is 0 Å². The Morgan fingerprint density at radius 3 is 3.05 bits per heavy atom. The highest BCUT2D eigenvalue weighted by molar-refractivity contribution is 7.99. The van der Waals surface area contributed by atoms with Gasteiger partial charge in [0.05, 0.1) is 4.92 Å². The second-order valence-corrected chi connectivity index (χ2v) is 5.50. The molecule has 0 aliphatic carbocycles. The summed E-state index contributed by atoms with van der Waals surface area (Å²) in [7, 11) is 0. The van der Waals surface area contributed by atoms with E-state index in [9.17, 15) is 10.1 Å². The number of nitro groups is 1. The number of anilines is 2. The van der Waals surface area contributed by atoms with Crippen LogP contribution in [0, 0.1) is 10.1 Å². The molecular formula is C12H18N4O2S. The molecule has 0 spiro atoms. The van der Waals surface area contributed by atoms with Crippen LogP contribution in [0.3, 0.4) is 0 Å². The summed E-state index contributed by atoms with van der Waals surface area (Å²) in [5.41, 5.74) is 0.0913. The minimum Gasteiger partial charge on any atom is -0.370 e. The zero-order valence-corrected chi connectivity index (χ0v) is 11.8. The van der Waals surface area contributed by atoms with Gasteiger partial charge in [-0.2, -0.15) is 11.8 Å². The normalized spacial score (nSPS) is 15.9. The number of pyridine rings is 1. The van der Waals surface area contributed by atoms with E-state index in [1.54, 1.807) is 12.1 Å². The van der Waals surface area contributed by atoms with Crippen LogP contribution in [0.25, 0.3) is 0 Å². The largest absolute Gasteiger partial charge is 0.370 e. The van der Waals surface area contributed by atoms with Crippen LogP contribution in [0.2, 0.25) is 0 Å². The zero-order valence-electron chi connectivity index (χ0n) is 11.0. The van der Waals surface area contributed by atoms with Crippen molar-refractivity contribution in [2.24, 2.45) is 0 Å². The number of hydrogen-bond donors (Lipinski definition) is 1. The summed E-state index contributed by atoms with van der Waals surface area (Å²) >= 11 is 1.89. The second-order valence-electron chi connectivity index (χ2n) is 4.28. The maximum atomic E-state index is 11.1. The maximum Gasteiger partial charge on any atom is 0.311 e. The van der Waals surface area contributed by atoms with Gasteiger partial charge in [0.15, 0.2) is 0 Å². The maximum absolute atomic E-state index is 11.1. The van der Waals surface area contributed by atoms with Crippen molar-refractivity contribution >= 4 is 29.1 Å².